The van der Waals surface area contributed by atoms with Crippen molar-refractivity contribution in [1.82, 2.24) is 0 Å². The van der Waals surface area contributed by atoms with Crippen LogP contribution in [0.2, 0.25) is 0 Å². The number of para-hydroxylation sites is 1. The van der Waals surface area contributed by atoms with Gasteiger partial charge in [0.05, 0.1) is 13.2 Å². The van der Waals surface area contributed by atoms with Crippen LogP contribution in [0.15, 0.2) is 48.5 Å². The number of nitrogens with one attached hydrogen (secondary N) is 1. The maximum absolute atomic E-state index is 5.41. The molecule has 0 saturated carbocycles. The summed E-state index contributed by atoms with van der Waals surface area (Å²) in [7, 11) is 1.71. The van der Waals surface area contributed by atoms with Crippen LogP contribution in [0.4, 0.5) is 5.69 Å². The molecule has 0 spiro atoms. The molecular formula is C18H23NO. The summed E-state index contributed by atoms with van der Waals surface area (Å²) < 4.78 is 5.41. The molecule has 1 unspecified atom stereocenters. The fourth-order valence-electron chi connectivity index (χ4n) is 2.32. The zero-order chi connectivity index (χ0) is 14.5. The molecule has 0 aliphatic heterocycles. The molecule has 2 aromatic carbocycles. The standard InChI is InChI=1S/C18H23NO/c1-13(2)15-9-11-16(12-10-15)19-14(3)17-7-5-6-8-18(17)20-4/h5-14,19H,1-4H3. The molecule has 0 aliphatic rings. The van der Waals surface area contributed by atoms with E-state index in [2.05, 4.69) is 56.4 Å². The van der Waals surface area contributed by atoms with E-state index in [4.69, 9.17) is 4.74 Å². The van der Waals surface area contributed by atoms with Crippen molar-refractivity contribution in [3.8, 4) is 5.75 Å². The lowest BCUT2D eigenvalue weighted by Gasteiger charge is -2.18. The second-order valence-corrected chi connectivity index (χ2v) is 5.38. The topological polar surface area (TPSA) is 21.3 Å². The van der Waals surface area contributed by atoms with E-state index in [-0.39, 0.29) is 6.04 Å². The van der Waals surface area contributed by atoms with E-state index in [0.717, 1.165) is 11.4 Å². The monoisotopic (exact) mass is 269 g/mol. The summed E-state index contributed by atoms with van der Waals surface area (Å²) in [5.74, 6) is 1.49. The van der Waals surface area contributed by atoms with Crippen molar-refractivity contribution in [2.45, 2.75) is 32.7 Å². The van der Waals surface area contributed by atoms with E-state index in [1.54, 1.807) is 7.11 Å². The molecule has 2 aromatic rings. The van der Waals surface area contributed by atoms with Gasteiger partial charge in [0.2, 0.25) is 0 Å². The first-order chi connectivity index (χ1) is 9.61. The van der Waals surface area contributed by atoms with Gasteiger partial charge in [-0.05, 0) is 36.6 Å². The number of hydrogen-bond donors (Lipinski definition) is 1. The van der Waals surface area contributed by atoms with Gasteiger partial charge in [0, 0.05) is 11.3 Å². The molecule has 0 radical (unpaired) electrons. The average Bonchev–Trinajstić information content (AvgIpc) is 2.47. The molecule has 0 aliphatic carbocycles. The minimum absolute atomic E-state index is 0.205. The fourth-order valence-corrected chi connectivity index (χ4v) is 2.32. The number of benzene rings is 2. The highest BCUT2D eigenvalue weighted by molar-refractivity contribution is 5.49. The van der Waals surface area contributed by atoms with Crippen LogP contribution in [0.1, 0.15) is 43.9 Å². The molecule has 0 amide bonds. The van der Waals surface area contributed by atoms with Crippen LogP contribution in [-0.4, -0.2) is 7.11 Å². The van der Waals surface area contributed by atoms with Gasteiger partial charge in [-0.25, -0.2) is 0 Å². The minimum atomic E-state index is 0.205. The summed E-state index contributed by atoms with van der Waals surface area (Å²) >= 11 is 0. The number of anilines is 1. The molecule has 106 valence electrons. The van der Waals surface area contributed by atoms with Crippen molar-refractivity contribution >= 4 is 5.69 Å². The third-order valence-electron chi connectivity index (χ3n) is 3.57. The predicted octanol–water partition coefficient (Wildman–Crippen LogP) is 4.99. The zero-order valence-corrected chi connectivity index (χ0v) is 12.7. The van der Waals surface area contributed by atoms with Crippen molar-refractivity contribution in [1.29, 1.82) is 0 Å². The molecule has 0 saturated heterocycles. The summed E-state index contributed by atoms with van der Waals surface area (Å²) in [4.78, 5) is 0. The Morgan fingerprint density at radius 2 is 1.55 bits per heavy atom. The molecule has 2 nitrogen and oxygen atoms in total. The van der Waals surface area contributed by atoms with Crippen molar-refractivity contribution in [2.24, 2.45) is 0 Å². The Morgan fingerprint density at radius 1 is 0.900 bits per heavy atom. The van der Waals surface area contributed by atoms with Crippen LogP contribution in [0.3, 0.4) is 0 Å². The minimum Gasteiger partial charge on any atom is -0.496 e. The predicted molar refractivity (Wildman–Crippen MR) is 85.6 cm³/mol. The van der Waals surface area contributed by atoms with Crippen LogP contribution in [-0.2, 0) is 0 Å². The smallest absolute Gasteiger partial charge is 0.124 e. The third-order valence-corrected chi connectivity index (χ3v) is 3.57. The lowest BCUT2D eigenvalue weighted by Crippen LogP contribution is -2.08. The highest BCUT2D eigenvalue weighted by Crippen LogP contribution is 2.27. The van der Waals surface area contributed by atoms with Crippen LogP contribution < -0.4 is 10.1 Å². The SMILES string of the molecule is COc1ccccc1C(C)Nc1ccc(C(C)C)cc1. The van der Waals surface area contributed by atoms with Gasteiger partial charge in [-0.1, -0.05) is 44.2 Å². The van der Waals surface area contributed by atoms with Crippen LogP contribution in [0, 0.1) is 0 Å². The summed E-state index contributed by atoms with van der Waals surface area (Å²) in [5.41, 5.74) is 3.66. The summed E-state index contributed by atoms with van der Waals surface area (Å²) in [5, 5.41) is 3.52. The Morgan fingerprint density at radius 3 is 2.15 bits per heavy atom. The Labute approximate surface area is 121 Å². The average molecular weight is 269 g/mol. The number of rotatable bonds is 5. The van der Waals surface area contributed by atoms with E-state index in [1.807, 2.05) is 18.2 Å². The number of methoxy groups -OCH3 is 1. The Balaban J connectivity index is 2.13. The maximum Gasteiger partial charge on any atom is 0.124 e. The molecule has 2 heteroatoms. The van der Waals surface area contributed by atoms with E-state index in [9.17, 15) is 0 Å². The Hall–Kier alpha value is -1.96. The van der Waals surface area contributed by atoms with Crippen molar-refractivity contribution < 1.29 is 4.74 Å². The molecule has 20 heavy (non-hydrogen) atoms. The van der Waals surface area contributed by atoms with Gasteiger partial charge in [0.25, 0.3) is 0 Å². The lowest BCUT2D eigenvalue weighted by molar-refractivity contribution is 0.408. The molecule has 0 fully saturated rings. The largest absolute Gasteiger partial charge is 0.496 e. The van der Waals surface area contributed by atoms with Crippen LogP contribution in [0.5, 0.6) is 5.75 Å². The van der Waals surface area contributed by atoms with Gasteiger partial charge in [-0.3, -0.25) is 0 Å². The molecule has 0 heterocycles. The van der Waals surface area contributed by atoms with E-state index < -0.39 is 0 Å². The Bertz CT molecular complexity index is 546. The van der Waals surface area contributed by atoms with Gasteiger partial charge >= 0.3 is 0 Å². The molecule has 1 atom stereocenters. The van der Waals surface area contributed by atoms with Gasteiger partial charge in [0.15, 0.2) is 0 Å². The zero-order valence-electron chi connectivity index (χ0n) is 12.7. The Kier molecular flexibility index (Phi) is 4.67. The maximum atomic E-state index is 5.41. The molecule has 1 N–H and O–H groups in total. The first-order valence-corrected chi connectivity index (χ1v) is 7.11. The van der Waals surface area contributed by atoms with E-state index in [0.29, 0.717) is 5.92 Å². The highest BCUT2D eigenvalue weighted by Gasteiger charge is 2.10. The lowest BCUT2D eigenvalue weighted by atomic mass is 10.0. The second-order valence-electron chi connectivity index (χ2n) is 5.38. The van der Waals surface area contributed by atoms with E-state index >= 15 is 0 Å². The second kappa shape index (κ2) is 6.47. The van der Waals surface area contributed by atoms with E-state index in [1.165, 1.54) is 11.1 Å². The molecule has 0 aromatic heterocycles. The van der Waals surface area contributed by atoms with Gasteiger partial charge in [0.1, 0.15) is 5.75 Å². The summed E-state index contributed by atoms with van der Waals surface area (Å²) in [6.07, 6.45) is 0. The third kappa shape index (κ3) is 3.32. The van der Waals surface area contributed by atoms with Crippen LogP contribution >= 0.6 is 0 Å². The number of hydrogen-bond acceptors (Lipinski definition) is 2. The van der Waals surface area contributed by atoms with Crippen molar-refractivity contribution in [3.05, 3.63) is 59.7 Å². The van der Waals surface area contributed by atoms with Crippen molar-refractivity contribution in [2.75, 3.05) is 12.4 Å². The number of ether oxygens (including phenoxy) is 1. The molecule has 2 rings (SSSR count). The first-order valence-electron chi connectivity index (χ1n) is 7.11. The highest BCUT2D eigenvalue weighted by atomic mass is 16.5. The summed E-state index contributed by atoms with van der Waals surface area (Å²) in [6.45, 7) is 6.56. The van der Waals surface area contributed by atoms with Gasteiger partial charge < -0.3 is 10.1 Å². The quantitative estimate of drug-likeness (QED) is 0.825. The molecular weight excluding hydrogens is 246 g/mol. The van der Waals surface area contributed by atoms with Gasteiger partial charge in [-0.15, -0.1) is 0 Å². The first kappa shape index (κ1) is 14.4. The van der Waals surface area contributed by atoms with Crippen molar-refractivity contribution in [3.63, 3.8) is 0 Å². The summed E-state index contributed by atoms with van der Waals surface area (Å²) in [6, 6.07) is 17.0. The van der Waals surface area contributed by atoms with Gasteiger partial charge in [-0.2, -0.15) is 0 Å². The normalized spacial score (nSPS) is 12.2. The fraction of sp³-hybridized carbons (Fsp3) is 0.333. The van der Waals surface area contributed by atoms with Crippen LogP contribution in [0.25, 0.3) is 0 Å². The molecule has 0 bridgehead atoms.